The van der Waals surface area contributed by atoms with Crippen molar-refractivity contribution >= 4 is 5.97 Å². The maximum atomic E-state index is 11.2. The van der Waals surface area contributed by atoms with Crippen molar-refractivity contribution in [3.63, 3.8) is 0 Å². The molecule has 0 radical (unpaired) electrons. The van der Waals surface area contributed by atoms with Gasteiger partial charge >= 0.3 is 5.97 Å². The number of nitrogens with one attached hydrogen (secondary N) is 1. The number of hydrogen-bond donors (Lipinski definition) is 2. The third kappa shape index (κ3) is 2.99. The van der Waals surface area contributed by atoms with Gasteiger partial charge in [0, 0.05) is 25.2 Å². The van der Waals surface area contributed by atoms with E-state index >= 15 is 0 Å². The summed E-state index contributed by atoms with van der Waals surface area (Å²) in [7, 11) is 0. The zero-order chi connectivity index (χ0) is 11.8. The predicted molar refractivity (Wildman–Crippen MR) is 64.9 cm³/mol. The normalized spacial score (nSPS) is 34.8. The van der Waals surface area contributed by atoms with E-state index in [0.29, 0.717) is 12.1 Å². The molecule has 2 unspecified atom stereocenters. The summed E-state index contributed by atoms with van der Waals surface area (Å²) < 4.78 is 0. The molecule has 1 aliphatic heterocycles. The van der Waals surface area contributed by atoms with Gasteiger partial charge in [0.15, 0.2) is 0 Å². The van der Waals surface area contributed by atoms with Gasteiger partial charge in [0.05, 0.1) is 5.92 Å². The Balaban J connectivity index is 1.55. The Labute approximate surface area is 102 Å². The summed E-state index contributed by atoms with van der Waals surface area (Å²) in [4.78, 5) is 13.6. The summed E-state index contributed by atoms with van der Waals surface area (Å²) in [5, 5.41) is 12.8. The molecule has 0 aromatic carbocycles. The van der Waals surface area contributed by atoms with Crippen LogP contribution in [0.1, 0.15) is 32.1 Å². The topological polar surface area (TPSA) is 52.6 Å². The SMILES string of the molecule is O=C(O)C1CC(NCC2CC2)CN(C2CC2)C1. The lowest BCUT2D eigenvalue weighted by atomic mass is 9.94. The quantitative estimate of drug-likeness (QED) is 0.748. The molecule has 3 rings (SSSR count). The van der Waals surface area contributed by atoms with Gasteiger partial charge in [-0.2, -0.15) is 0 Å². The van der Waals surface area contributed by atoms with Gasteiger partial charge in [-0.1, -0.05) is 0 Å². The number of piperidine rings is 1. The Morgan fingerprint density at radius 1 is 1.24 bits per heavy atom. The number of carboxylic acids is 1. The van der Waals surface area contributed by atoms with Gasteiger partial charge in [0.25, 0.3) is 0 Å². The van der Waals surface area contributed by atoms with Crippen molar-refractivity contribution < 1.29 is 9.90 Å². The van der Waals surface area contributed by atoms with Crippen LogP contribution in [0.15, 0.2) is 0 Å². The minimum absolute atomic E-state index is 0.166. The second-order valence-electron chi connectivity index (χ2n) is 6.00. The second kappa shape index (κ2) is 4.58. The molecule has 96 valence electrons. The third-order valence-electron chi connectivity index (χ3n) is 4.28. The van der Waals surface area contributed by atoms with Gasteiger partial charge < -0.3 is 10.4 Å². The van der Waals surface area contributed by atoms with E-state index in [1.165, 1.54) is 25.7 Å². The highest BCUT2D eigenvalue weighted by Gasteiger charge is 2.38. The number of aliphatic carboxylic acids is 1. The first-order valence-corrected chi connectivity index (χ1v) is 6.92. The maximum absolute atomic E-state index is 11.2. The van der Waals surface area contributed by atoms with E-state index in [2.05, 4.69) is 10.2 Å². The molecular formula is C13H22N2O2. The fraction of sp³-hybridized carbons (Fsp3) is 0.923. The summed E-state index contributed by atoms with van der Waals surface area (Å²) in [5.41, 5.74) is 0. The number of likely N-dealkylation sites (tertiary alicyclic amines) is 1. The Hall–Kier alpha value is -0.610. The van der Waals surface area contributed by atoms with Crippen molar-refractivity contribution in [1.29, 1.82) is 0 Å². The molecule has 0 aromatic heterocycles. The Bertz CT molecular complexity index is 300. The van der Waals surface area contributed by atoms with Crippen LogP contribution in [0.4, 0.5) is 0 Å². The third-order valence-corrected chi connectivity index (χ3v) is 4.28. The summed E-state index contributed by atoms with van der Waals surface area (Å²) >= 11 is 0. The van der Waals surface area contributed by atoms with Gasteiger partial charge in [0.2, 0.25) is 0 Å². The second-order valence-corrected chi connectivity index (χ2v) is 6.00. The van der Waals surface area contributed by atoms with Crippen LogP contribution < -0.4 is 5.32 Å². The predicted octanol–water partition coefficient (Wildman–Crippen LogP) is 0.923. The van der Waals surface area contributed by atoms with Crippen LogP contribution >= 0.6 is 0 Å². The minimum Gasteiger partial charge on any atom is -0.481 e. The molecule has 0 aromatic rings. The molecule has 2 saturated carbocycles. The van der Waals surface area contributed by atoms with Crippen LogP contribution in [0.3, 0.4) is 0 Å². The van der Waals surface area contributed by atoms with Crippen molar-refractivity contribution in [1.82, 2.24) is 10.2 Å². The molecule has 0 bridgehead atoms. The molecular weight excluding hydrogens is 216 g/mol. The van der Waals surface area contributed by atoms with Crippen molar-refractivity contribution in [3.8, 4) is 0 Å². The highest BCUT2D eigenvalue weighted by atomic mass is 16.4. The maximum Gasteiger partial charge on any atom is 0.307 e. The van der Waals surface area contributed by atoms with Crippen molar-refractivity contribution in [3.05, 3.63) is 0 Å². The number of carboxylic acid groups (broad SMARTS) is 1. The Kier molecular flexibility index (Phi) is 3.09. The fourth-order valence-electron chi connectivity index (χ4n) is 2.85. The lowest BCUT2D eigenvalue weighted by Crippen LogP contribution is -2.52. The van der Waals surface area contributed by atoms with Gasteiger partial charge in [-0.05, 0) is 44.6 Å². The number of nitrogens with zero attached hydrogens (tertiary/aromatic N) is 1. The summed E-state index contributed by atoms with van der Waals surface area (Å²) in [6, 6.07) is 1.08. The Morgan fingerprint density at radius 3 is 2.59 bits per heavy atom. The number of hydrogen-bond acceptors (Lipinski definition) is 3. The largest absolute Gasteiger partial charge is 0.481 e. The highest BCUT2D eigenvalue weighted by molar-refractivity contribution is 5.70. The number of rotatable bonds is 5. The summed E-state index contributed by atoms with van der Waals surface area (Å²) in [5.74, 6) is 0.0872. The molecule has 2 atom stereocenters. The molecule has 3 aliphatic rings. The first-order valence-electron chi connectivity index (χ1n) is 6.92. The molecule has 2 aliphatic carbocycles. The molecule has 4 nitrogen and oxygen atoms in total. The average molecular weight is 238 g/mol. The van der Waals surface area contributed by atoms with Crippen LogP contribution in [-0.2, 0) is 4.79 Å². The smallest absolute Gasteiger partial charge is 0.307 e. The van der Waals surface area contributed by atoms with E-state index in [0.717, 1.165) is 32.0 Å². The molecule has 17 heavy (non-hydrogen) atoms. The van der Waals surface area contributed by atoms with E-state index in [1.54, 1.807) is 0 Å². The number of carbonyl (C=O) groups is 1. The van der Waals surface area contributed by atoms with Crippen LogP contribution in [0.25, 0.3) is 0 Å². The standard InChI is InChI=1S/C13H22N2O2/c16-13(17)10-5-11(14-6-9-1-2-9)8-15(7-10)12-3-4-12/h9-12,14H,1-8H2,(H,16,17). The molecule has 0 amide bonds. The highest BCUT2D eigenvalue weighted by Crippen LogP contribution is 2.32. The van der Waals surface area contributed by atoms with E-state index in [1.807, 2.05) is 0 Å². The Morgan fingerprint density at radius 2 is 2.00 bits per heavy atom. The summed E-state index contributed by atoms with van der Waals surface area (Å²) in [6.07, 6.45) is 6.05. The zero-order valence-corrected chi connectivity index (χ0v) is 10.3. The van der Waals surface area contributed by atoms with Crippen molar-refractivity contribution in [2.24, 2.45) is 11.8 Å². The van der Waals surface area contributed by atoms with Crippen LogP contribution in [0.2, 0.25) is 0 Å². The lowest BCUT2D eigenvalue weighted by molar-refractivity contribution is -0.144. The van der Waals surface area contributed by atoms with Crippen molar-refractivity contribution in [2.75, 3.05) is 19.6 Å². The van der Waals surface area contributed by atoms with Gasteiger partial charge in [-0.15, -0.1) is 0 Å². The molecule has 1 saturated heterocycles. The minimum atomic E-state index is -0.617. The van der Waals surface area contributed by atoms with E-state index < -0.39 is 5.97 Å². The van der Waals surface area contributed by atoms with Gasteiger partial charge in [0.1, 0.15) is 0 Å². The lowest BCUT2D eigenvalue weighted by Gasteiger charge is -2.36. The average Bonchev–Trinajstić information content (AvgIpc) is 3.17. The van der Waals surface area contributed by atoms with E-state index in [-0.39, 0.29) is 5.92 Å². The molecule has 3 fully saturated rings. The summed E-state index contributed by atoms with van der Waals surface area (Å²) in [6.45, 7) is 2.91. The molecule has 1 heterocycles. The molecule has 2 N–H and O–H groups in total. The first-order chi connectivity index (χ1) is 8.22. The molecule has 0 spiro atoms. The monoisotopic (exact) mass is 238 g/mol. The van der Waals surface area contributed by atoms with Gasteiger partial charge in [-0.25, -0.2) is 0 Å². The zero-order valence-electron chi connectivity index (χ0n) is 10.3. The van der Waals surface area contributed by atoms with E-state index in [9.17, 15) is 9.90 Å². The first kappa shape index (κ1) is 11.5. The van der Waals surface area contributed by atoms with Crippen molar-refractivity contribution in [2.45, 2.75) is 44.2 Å². The van der Waals surface area contributed by atoms with Gasteiger partial charge in [-0.3, -0.25) is 9.69 Å². The van der Waals surface area contributed by atoms with Crippen LogP contribution in [0.5, 0.6) is 0 Å². The van der Waals surface area contributed by atoms with Crippen LogP contribution in [0, 0.1) is 11.8 Å². The van der Waals surface area contributed by atoms with E-state index in [4.69, 9.17) is 0 Å². The molecule has 4 heteroatoms. The van der Waals surface area contributed by atoms with Crippen LogP contribution in [-0.4, -0.2) is 47.7 Å². The fourth-order valence-corrected chi connectivity index (χ4v) is 2.85.